The predicted molar refractivity (Wildman–Crippen MR) is 80.2 cm³/mol. The zero-order valence-electron chi connectivity index (χ0n) is 11.9. The van der Waals surface area contributed by atoms with E-state index in [-0.39, 0.29) is 0 Å². The zero-order chi connectivity index (χ0) is 13.0. The Morgan fingerprint density at radius 2 is 2.22 bits per heavy atom. The molecule has 18 heavy (non-hydrogen) atoms. The number of nitrogens with one attached hydrogen (secondary N) is 1. The molecule has 1 aromatic rings. The highest BCUT2D eigenvalue weighted by Gasteiger charge is 2.28. The lowest BCUT2D eigenvalue weighted by Crippen LogP contribution is -2.36. The molecule has 0 radical (unpaired) electrons. The van der Waals surface area contributed by atoms with Gasteiger partial charge < -0.3 is 5.32 Å². The van der Waals surface area contributed by atoms with Gasteiger partial charge in [0, 0.05) is 37.1 Å². The van der Waals surface area contributed by atoms with Crippen LogP contribution in [0, 0.1) is 12.8 Å². The first kappa shape index (κ1) is 14.0. The molecule has 0 saturated heterocycles. The van der Waals surface area contributed by atoms with Crippen molar-refractivity contribution in [1.82, 2.24) is 10.2 Å². The van der Waals surface area contributed by atoms with Crippen LogP contribution in [0.3, 0.4) is 0 Å². The Labute approximate surface area is 115 Å². The third kappa shape index (κ3) is 4.38. The zero-order valence-corrected chi connectivity index (χ0v) is 12.7. The highest BCUT2D eigenvalue weighted by molar-refractivity contribution is 7.10. The molecule has 1 fully saturated rings. The molecule has 0 bridgehead atoms. The first-order chi connectivity index (χ1) is 8.66. The molecule has 1 aromatic heterocycles. The van der Waals surface area contributed by atoms with E-state index in [2.05, 4.69) is 42.4 Å². The fourth-order valence-corrected chi connectivity index (χ4v) is 3.22. The van der Waals surface area contributed by atoms with E-state index in [9.17, 15) is 0 Å². The Hall–Kier alpha value is -0.380. The van der Waals surface area contributed by atoms with Crippen molar-refractivity contribution in [2.45, 2.75) is 46.2 Å². The van der Waals surface area contributed by atoms with Gasteiger partial charge in [0.2, 0.25) is 0 Å². The quantitative estimate of drug-likeness (QED) is 0.727. The summed E-state index contributed by atoms with van der Waals surface area (Å²) in [7, 11) is 0. The minimum atomic E-state index is 0.783. The fraction of sp³-hybridized carbons (Fsp3) is 0.733. The van der Waals surface area contributed by atoms with Crippen LogP contribution in [0.5, 0.6) is 0 Å². The molecule has 1 aliphatic rings. The van der Waals surface area contributed by atoms with E-state index in [4.69, 9.17) is 0 Å². The maximum Gasteiger partial charge on any atom is 0.0302 e. The first-order valence-corrected chi connectivity index (χ1v) is 8.02. The van der Waals surface area contributed by atoms with E-state index < -0.39 is 0 Å². The van der Waals surface area contributed by atoms with Crippen molar-refractivity contribution < 1.29 is 0 Å². The summed E-state index contributed by atoms with van der Waals surface area (Å²) < 4.78 is 0. The second-order valence-corrected chi connectivity index (χ2v) is 6.82. The molecule has 0 spiro atoms. The number of hydrogen-bond donors (Lipinski definition) is 1. The molecule has 1 saturated carbocycles. The monoisotopic (exact) mass is 266 g/mol. The Morgan fingerprint density at radius 1 is 1.44 bits per heavy atom. The van der Waals surface area contributed by atoms with Crippen molar-refractivity contribution in [3.63, 3.8) is 0 Å². The smallest absolute Gasteiger partial charge is 0.0302 e. The lowest BCUT2D eigenvalue weighted by molar-refractivity contribution is 0.234. The normalized spacial score (nSPS) is 15.8. The average molecular weight is 266 g/mol. The summed E-state index contributed by atoms with van der Waals surface area (Å²) in [5, 5.41) is 5.77. The summed E-state index contributed by atoms with van der Waals surface area (Å²) in [5.74, 6) is 0.783. The highest BCUT2D eigenvalue weighted by atomic mass is 32.1. The van der Waals surface area contributed by atoms with Gasteiger partial charge in [0.1, 0.15) is 0 Å². The summed E-state index contributed by atoms with van der Waals surface area (Å²) >= 11 is 1.86. The molecule has 2 rings (SSSR count). The average Bonchev–Trinajstić information content (AvgIpc) is 3.07. The first-order valence-electron chi connectivity index (χ1n) is 7.14. The van der Waals surface area contributed by atoms with E-state index >= 15 is 0 Å². The lowest BCUT2D eigenvalue weighted by atomic mass is 10.2. The minimum absolute atomic E-state index is 0.783. The summed E-state index contributed by atoms with van der Waals surface area (Å²) in [6.07, 6.45) is 2.83. The van der Waals surface area contributed by atoms with Crippen molar-refractivity contribution in [2.24, 2.45) is 5.92 Å². The van der Waals surface area contributed by atoms with Crippen LogP contribution < -0.4 is 5.32 Å². The van der Waals surface area contributed by atoms with Crippen LogP contribution in [-0.2, 0) is 6.54 Å². The Morgan fingerprint density at radius 3 is 2.78 bits per heavy atom. The molecule has 0 unspecified atom stereocenters. The van der Waals surface area contributed by atoms with Crippen LogP contribution >= 0.6 is 11.3 Å². The Kier molecular flexibility index (Phi) is 5.22. The van der Waals surface area contributed by atoms with Crippen LogP contribution in [0.25, 0.3) is 0 Å². The van der Waals surface area contributed by atoms with Gasteiger partial charge in [-0.1, -0.05) is 13.8 Å². The molecule has 0 aromatic carbocycles. The van der Waals surface area contributed by atoms with Gasteiger partial charge >= 0.3 is 0 Å². The molecule has 102 valence electrons. The molecule has 0 aliphatic heterocycles. The van der Waals surface area contributed by atoms with Crippen molar-refractivity contribution in [2.75, 3.05) is 19.6 Å². The standard InChI is InChI=1S/C15H26N2S/c1-12(2)11-17(14-4-5-14)8-7-16-10-15-13(3)6-9-18-15/h6,9,12,14,16H,4-5,7-8,10-11H2,1-3H3. The molecule has 1 N–H and O–H groups in total. The highest BCUT2D eigenvalue weighted by Crippen LogP contribution is 2.27. The molecule has 1 aliphatic carbocycles. The van der Waals surface area contributed by atoms with Gasteiger partial charge in [0.25, 0.3) is 0 Å². The number of nitrogens with zero attached hydrogens (tertiary/aromatic N) is 1. The van der Waals surface area contributed by atoms with Gasteiger partial charge in [-0.2, -0.15) is 0 Å². The van der Waals surface area contributed by atoms with Crippen molar-refractivity contribution in [3.05, 3.63) is 21.9 Å². The van der Waals surface area contributed by atoms with Crippen molar-refractivity contribution in [1.29, 1.82) is 0 Å². The summed E-state index contributed by atoms with van der Waals surface area (Å²) in [5.41, 5.74) is 1.42. The molecular weight excluding hydrogens is 240 g/mol. The molecule has 2 nitrogen and oxygen atoms in total. The maximum atomic E-state index is 3.58. The lowest BCUT2D eigenvalue weighted by Gasteiger charge is -2.24. The van der Waals surface area contributed by atoms with Crippen LogP contribution in [0.4, 0.5) is 0 Å². The summed E-state index contributed by atoms with van der Waals surface area (Å²) in [6.45, 7) is 11.4. The van der Waals surface area contributed by atoms with Crippen molar-refractivity contribution >= 4 is 11.3 Å². The van der Waals surface area contributed by atoms with Gasteiger partial charge in [-0.15, -0.1) is 11.3 Å². The fourth-order valence-electron chi connectivity index (χ4n) is 2.34. The van der Waals surface area contributed by atoms with Crippen LogP contribution in [0.15, 0.2) is 11.4 Å². The van der Waals surface area contributed by atoms with Crippen molar-refractivity contribution in [3.8, 4) is 0 Å². The number of thiophene rings is 1. The third-order valence-electron chi connectivity index (χ3n) is 3.49. The maximum absolute atomic E-state index is 3.58. The molecule has 0 atom stereocenters. The number of aryl methyl sites for hydroxylation is 1. The van der Waals surface area contributed by atoms with Gasteiger partial charge in [-0.3, -0.25) is 4.90 Å². The van der Waals surface area contributed by atoms with E-state index in [1.165, 1.54) is 36.4 Å². The SMILES string of the molecule is Cc1ccsc1CNCCN(CC(C)C)C1CC1. The van der Waals surface area contributed by atoms with Crippen LogP contribution in [0.1, 0.15) is 37.1 Å². The van der Waals surface area contributed by atoms with E-state index in [1.54, 1.807) is 0 Å². The number of hydrogen-bond acceptors (Lipinski definition) is 3. The van der Waals surface area contributed by atoms with E-state index in [0.29, 0.717) is 0 Å². The predicted octanol–water partition coefficient (Wildman–Crippen LogP) is 3.27. The van der Waals surface area contributed by atoms with E-state index in [0.717, 1.165) is 25.0 Å². The van der Waals surface area contributed by atoms with Gasteiger partial charge in [-0.25, -0.2) is 0 Å². The largest absolute Gasteiger partial charge is 0.311 e. The summed E-state index contributed by atoms with van der Waals surface area (Å²) in [4.78, 5) is 4.15. The van der Waals surface area contributed by atoms with E-state index in [1.807, 2.05) is 11.3 Å². The number of rotatable bonds is 8. The summed E-state index contributed by atoms with van der Waals surface area (Å²) in [6, 6.07) is 3.09. The molecule has 1 heterocycles. The minimum Gasteiger partial charge on any atom is -0.311 e. The van der Waals surface area contributed by atoms with Gasteiger partial charge in [0.15, 0.2) is 0 Å². The molecule has 3 heteroatoms. The van der Waals surface area contributed by atoms with Gasteiger partial charge in [0.05, 0.1) is 0 Å². The Bertz CT molecular complexity index is 355. The second kappa shape index (κ2) is 6.69. The molecule has 0 amide bonds. The Balaban J connectivity index is 1.65. The third-order valence-corrected chi connectivity index (χ3v) is 4.52. The molecular formula is C15H26N2S. The topological polar surface area (TPSA) is 15.3 Å². The van der Waals surface area contributed by atoms with Crippen LogP contribution in [0.2, 0.25) is 0 Å². The van der Waals surface area contributed by atoms with Crippen LogP contribution in [-0.4, -0.2) is 30.6 Å². The van der Waals surface area contributed by atoms with Gasteiger partial charge in [-0.05, 0) is 42.7 Å². The second-order valence-electron chi connectivity index (χ2n) is 5.82.